The number of halogens is 3. The normalized spacial score (nSPS) is 11.7. The van der Waals surface area contributed by atoms with E-state index in [-0.39, 0.29) is 18.1 Å². The van der Waals surface area contributed by atoms with Gasteiger partial charge in [-0.15, -0.1) is 0 Å². The molecule has 16 heavy (non-hydrogen) atoms. The Hall–Kier alpha value is -1.54. The third-order valence-electron chi connectivity index (χ3n) is 1.46. The van der Waals surface area contributed by atoms with Crippen molar-refractivity contribution >= 4 is 5.97 Å². The molecule has 0 radical (unpaired) electrons. The first kappa shape index (κ1) is 12.5. The van der Waals surface area contributed by atoms with Crippen LogP contribution in [0.2, 0.25) is 0 Å². The van der Waals surface area contributed by atoms with Crippen LogP contribution in [0, 0.1) is 0 Å². The molecule has 0 aliphatic rings. The Balaban J connectivity index is 2.30. The van der Waals surface area contributed by atoms with Gasteiger partial charge in [0, 0.05) is 0 Å². The number of hydrogen-bond acceptors (Lipinski definition) is 4. The molecule has 8 heteroatoms. The average molecular weight is 239 g/mol. The predicted octanol–water partition coefficient (Wildman–Crippen LogP) is 1.56. The van der Waals surface area contributed by atoms with Crippen LogP contribution in [0.4, 0.5) is 13.2 Å². The molecule has 0 aromatic carbocycles. The van der Waals surface area contributed by atoms with Gasteiger partial charge in [0.1, 0.15) is 5.76 Å². The van der Waals surface area contributed by atoms with E-state index < -0.39 is 18.8 Å². The highest BCUT2D eigenvalue weighted by Gasteiger charge is 2.27. The highest BCUT2D eigenvalue weighted by atomic mass is 19.4. The van der Waals surface area contributed by atoms with Gasteiger partial charge in [-0.05, 0) is 12.1 Å². The second kappa shape index (κ2) is 4.99. The van der Waals surface area contributed by atoms with Gasteiger partial charge in [-0.1, -0.05) is 0 Å². The summed E-state index contributed by atoms with van der Waals surface area (Å²) in [4.78, 5) is 14.5. The van der Waals surface area contributed by atoms with E-state index in [2.05, 4.69) is 4.84 Å². The van der Waals surface area contributed by atoms with Crippen LogP contribution in [0.25, 0.3) is 0 Å². The van der Waals surface area contributed by atoms with Crippen molar-refractivity contribution in [2.45, 2.75) is 12.7 Å². The topological polar surface area (TPSA) is 71.7 Å². The molecule has 1 aromatic heterocycles. The van der Waals surface area contributed by atoms with E-state index in [1.807, 2.05) is 5.48 Å². The molecule has 5 nitrogen and oxygen atoms in total. The molecule has 0 atom stereocenters. The molecule has 1 aromatic rings. The van der Waals surface area contributed by atoms with Gasteiger partial charge >= 0.3 is 12.1 Å². The zero-order valence-corrected chi connectivity index (χ0v) is 7.87. The maximum absolute atomic E-state index is 11.6. The minimum absolute atomic E-state index is 0.149. The van der Waals surface area contributed by atoms with Crippen molar-refractivity contribution in [3.63, 3.8) is 0 Å². The van der Waals surface area contributed by atoms with Crippen LogP contribution >= 0.6 is 0 Å². The zero-order valence-electron chi connectivity index (χ0n) is 7.87. The summed E-state index contributed by atoms with van der Waals surface area (Å²) in [6.07, 6.45) is -4.41. The number of carboxylic acids is 1. The Morgan fingerprint density at radius 3 is 2.69 bits per heavy atom. The molecular formula is C8H8F3NO4. The van der Waals surface area contributed by atoms with Crippen LogP contribution in [-0.4, -0.2) is 23.9 Å². The van der Waals surface area contributed by atoms with E-state index in [0.717, 1.165) is 0 Å². The number of alkyl halides is 3. The zero-order chi connectivity index (χ0) is 12.2. The fourth-order valence-electron chi connectivity index (χ4n) is 0.843. The van der Waals surface area contributed by atoms with Crippen LogP contribution in [0.1, 0.15) is 16.3 Å². The highest BCUT2D eigenvalue weighted by Crippen LogP contribution is 2.14. The Kier molecular flexibility index (Phi) is 3.91. The average Bonchev–Trinajstić information content (AvgIpc) is 2.59. The second-order valence-corrected chi connectivity index (χ2v) is 2.80. The minimum Gasteiger partial charge on any atom is -0.475 e. The fraction of sp³-hybridized carbons (Fsp3) is 0.375. The van der Waals surface area contributed by atoms with Gasteiger partial charge in [-0.3, -0.25) is 4.84 Å². The van der Waals surface area contributed by atoms with Gasteiger partial charge in [0.15, 0.2) is 6.61 Å². The lowest BCUT2D eigenvalue weighted by atomic mass is 10.4. The molecule has 0 spiro atoms. The SMILES string of the molecule is O=C(O)c1ccc(CNOCC(F)(F)F)o1. The lowest BCUT2D eigenvalue weighted by molar-refractivity contribution is -0.190. The van der Waals surface area contributed by atoms with Gasteiger partial charge in [0.05, 0.1) is 6.54 Å². The summed E-state index contributed by atoms with van der Waals surface area (Å²) in [5.41, 5.74) is 2.00. The summed E-state index contributed by atoms with van der Waals surface area (Å²) in [7, 11) is 0. The van der Waals surface area contributed by atoms with E-state index >= 15 is 0 Å². The number of nitrogens with one attached hydrogen (secondary N) is 1. The standard InChI is InChI=1S/C8H8F3NO4/c9-8(10,11)4-15-12-3-5-1-2-6(16-5)7(13)14/h1-2,12H,3-4H2,(H,13,14). The largest absolute Gasteiger partial charge is 0.475 e. The third kappa shape index (κ3) is 4.32. The molecule has 1 rings (SSSR count). The Bertz CT molecular complexity index is 360. The van der Waals surface area contributed by atoms with E-state index in [4.69, 9.17) is 9.52 Å². The van der Waals surface area contributed by atoms with Crippen molar-refractivity contribution < 1.29 is 32.3 Å². The summed E-state index contributed by atoms with van der Waals surface area (Å²) in [6.45, 7) is -1.58. The maximum atomic E-state index is 11.6. The number of furan rings is 1. The summed E-state index contributed by atoms with van der Waals surface area (Å²) in [5.74, 6) is -1.37. The fourth-order valence-corrected chi connectivity index (χ4v) is 0.843. The maximum Gasteiger partial charge on any atom is 0.413 e. The van der Waals surface area contributed by atoms with Crippen molar-refractivity contribution in [1.82, 2.24) is 5.48 Å². The van der Waals surface area contributed by atoms with E-state index in [1.165, 1.54) is 12.1 Å². The summed E-state index contributed by atoms with van der Waals surface area (Å²) < 4.78 is 39.6. The third-order valence-corrected chi connectivity index (χ3v) is 1.46. The van der Waals surface area contributed by atoms with Crippen molar-refractivity contribution in [1.29, 1.82) is 0 Å². The molecule has 1 heterocycles. The van der Waals surface area contributed by atoms with Crippen molar-refractivity contribution in [2.75, 3.05) is 6.61 Å². The Labute approximate surface area is 87.8 Å². The Morgan fingerprint density at radius 1 is 1.50 bits per heavy atom. The number of aromatic carboxylic acids is 1. The van der Waals surface area contributed by atoms with Gasteiger partial charge in [-0.2, -0.15) is 18.7 Å². The molecule has 0 bridgehead atoms. The molecule has 90 valence electrons. The molecule has 0 aliphatic carbocycles. The predicted molar refractivity (Wildman–Crippen MR) is 44.5 cm³/mol. The van der Waals surface area contributed by atoms with Crippen LogP contribution in [-0.2, 0) is 11.4 Å². The second-order valence-electron chi connectivity index (χ2n) is 2.80. The monoisotopic (exact) mass is 239 g/mol. The number of carboxylic acid groups (broad SMARTS) is 1. The first-order chi connectivity index (χ1) is 7.38. The molecule has 0 saturated heterocycles. The van der Waals surface area contributed by atoms with Crippen LogP contribution in [0.5, 0.6) is 0 Å². The lowest BCUT2D eigenvalue weighted by Crippen LogP contribution is -2.24. The number of carbonyl (C=O) groups is 1. The van der Waals surface area contributed by atoms with Gasteiger partial charge < -0.3 is 9.52 Å². The Morgan fingerprint density at radius 2 is 2.19 bits per heavy atom. The first-order valence-electron chi connectivity index (χ1n) is 4.12. The number of hydroxylamine groups is 1. The number of hydrogen-bond donors (Lipinski definition) is 2. The smallest absolute Gasteiger partial charge is 0.413 e. The first-order valence-corrected chi connectivity index (χ1v) is 4.12. The molecule has 0 unspecified atom stereocenters. The molecular weight excluding hydrogens is 231 g/mol. The summed E-state index contributed by atoms with van der Waals surface area (Å²) in [6, 6.07) is 2.52. The minimum atomic E-state index is -4.41. The van der Waals surface area contributed by atoms with Crippen LogP contribution in [0.3, 0.4) is 0 Å². The quantitative estimate of drug-likeness (QED) is 0.602. The van der Waals surface area contributed by atoms with Crippen LogP contribution in [0.15, 0.2) is 16.5 Å². The summed E-state index contributed by atoms with van der Waals surface area (Å²) >= 11 is 0. The van der Waals surface area contributed by atoms with Crippen molar-refractivity contribution in [3.05, 3.63) is 23.7 Å². The molecule has 0 amide bonds. The lowest BCUT2D eigenvalue weighted by Gasteiger charge is -2.06. The highest BCUT2D eigenvalue weighted by molar-refractivity contribution is 5.84. The van der Waals surface area contributed by atoms with Gasteiger partial charge in [-0.25, -0.2) is 4.79 Å². The van der Waals surface area contributed by atoms with Gasteiger partial charge in [0.2, 0.25) is 5.76 Å². The van der Waals surface area contributed by atoms with Crippen LogP contribution < -0.4 is 5.48 Å². The van der Waals surface area contributed by atoms with Gasteiger partial charge in [0.25, 0.3) is 0 Å². The number of rotatable bonds is 5. The summed E-state index contributed by atoms with van der Waals surface area (Å²) in [5, 5.41) is 8.48. The van der Waals surface area contributed by atoms with E-state index in [0.29, 0.717) is 0 Å². The molecule has 0 saturated carbocycles. The molecule has 0 aliphatic heterocycles. The van der Waals surface area contributed by atoms with Crippen molar-refractivity contribution in [2.24, 2.45) is 0 Å². The molecule has 2 N–H and O–H groups in total. The molecule has 0 fully saturated rings. The van der Waals surface area contributed by atoms with E-state index in [9.17, 15) is 18.0 Å². The van der Waals surface area contributed by atoms with Crippen molar-refractivity contribution in [3.8, 4) is 0 Å². The van der Waals surface area contributed by atoms with E-state index in [1.54, 1.807) is 0 Å².